The fourth-order valence-corrected chi connectivity index (χ4v) is 12.2. The summed E-state index contributed by atoms with van der Waals surface area (Å²) in [4.78, 5) is 33.1. The Hall–Kier alpha value is -5.04. The molecule has 0 bridgehead atoms. The van der Waals surface area contributed by atoms with E-state index < -0.39 is 31.9 Å². The van der Waals surface area contributed by atoms with Crippen molar-refractivity contribution in [2.75, 3.05) is 24.0 Å². The highest BCUT2D eigenvalue weighted by atomic mass is 79.9. The predicted octanol–water partition coefficient (Wildman–Crippen LogP) is 10.7. The number of nitrogens with zero attached hydrogens (tertiary/aromatic N) is 6. The number of aromatic nitrogens is 6. The molecule has 1 amide bonds. The van der Waals surface area contributed by atoms with Gasteiger partial charge >= 0.3 is 5.97 Å². The Morgan fingerprint density at radius 1 is 0.616 bits per heavy atom. The van der Waals surface area contributed by atoms with E-state index in [2.05, 4.69) is 144 Å². The fraction of sp³-hybridized carbons (Fsp3) is 0.320. The minimum absolute atomic E-state index is 0.144. The second-order valence-electron chi connectivity index (χ2n) is 18.8. The molecule has 2 fully saturated rings. The van der Waals surface area contributed by atoms with E-state index in [1.807, 2.05) is 18.3 Å². The van der Waals surface area contributed by atoms with Crippen molar-refractivity contribution in [1.82, 2.24) is 33.9 Å². The lowest BCUT2D eigenvalue weighted by atomic mass is 9.79. The highest BCUT2D eigenvalue weighted by molar-refractivity contribution is 9.11. The van der Waals surface area contributed by atoms with Gasteiger partial charge in [-0.25, -0.2) is 31.9 Å². The average molecular weight is 1290 g/mol. The number of sulfonamides is 2. The summed E-state index contributed by atoms with van der Waals surface area (Å²) in [5, 5.41) is 27.0. The first-order valence-electron chi connectivity index (χ1n) is 23.2. The van der Waals surface area contributed by atoms with Gasteiger partial charge in [-0.05, 0) is 164 Å². The summed E-state index contributed by atoms with van der Waals surface area (Å²) < 4.78 is 50.5. The molecule has 0 saturated heterocycles. The Morgan fingerprint density at radius 3 is 1.37 bits per heavy atom. The third-order valence-corrected chi connectivity index (χ3v) is 16.4. The van der Waals surface area contributed by atoms with Crippen molar-refractivity contribution in [2.45, 2.75) is 76.0 Å². The maximum absolute atomic E-state index is 12.0. The summed E-state index contributed by atoms with van der Waals surface area (Å²) in [6.45, 7) is 0. The smallest absolute Gasteiger partial charge is 0.303 e. The Balaban J connectivity index is 0.000000179. The number of anilines is 2. The number of carboxylic acid groups (broad SMARTS) is 1. The molecule has 4 aromatic carbocycles. The number of hydrogen-bond donors (Lipinski definition) is 5. The quantitative estimate of drug-likeness (QED) is 0.0901. The number of nitrogens with one attached hydrogen (secondary N) is 1. The van der Waals surface area contributed by atoms with Crippen LogP contribution in [-0.4, -0.2) is 75.5 Å². The summed E-state index contributed by atoms with van der Waals surface area (Å²) >= 11 is 14.3. The highest BCUT2D eigenvalue weighted by Crippen LogP contribution is 2.43. The molecule has 4 aromatic heterocycles. The molecule has 17 nitrogen and oxygen atoms in total. The molecule has 0 atom stereocenters. The average Bonchev–Trinajstić information content (AvgIpc) is 3.96. The normalized spacial score (nSPS) is 18.2. The fourth-order valence-electron chi connectivity index (χ4n) is 9.78. The number of amides is 1. The molecule has 0 unspecified atom stereocenters. The number of nitrogens with two attached hydrogens (primary N) is 3. The molecule has 384 valence electrons. The number of halogens is 4. The zero-order valence-electron chi connectivity index (χ0n) is 39.6. The molecule has 0 radical (unpaired) electrons. The zero-order valence-corrected chi connectivity index (χ0v) is 47.6. The zero-order chi connectivity index (χ0) is 52.5. The Bertz CT molecular complexity index is 3640. The van der Waals surface area contributed by atoms with E-state index in [4.69, 9.17) is 26.5 Å². The summed E-state index contributed by atoms with van der Waals surface area (Å²) in [7, 11) is -6.70. The third-order valence-electron chi connectivity index (χ3n) is 13.2. The SMILES string of the molecule is CS(=O)(=O)NC(=O)CC1CCC(c2nc3c(-c4ccc5cc(Br)ccc5c4)cnn3c(N)c2Br)CC1.CS(N)(=O)=O.Nc1c(Br)c(C2CCC(CC(=O)O)CC2)nc2c(-c3ccc4cc(Br)ccc4c3)cnn12. The van der Waals surface area contributed by atoms with Crippen molar-refractivity contribution >= 4 is 140 Å². The van der Waals surface area contributed by atoms with E-state index in [9.17, 15) is 26.4 Å². The molecule has 0 aliphatic heterocycles. The summed E-state index contributed by atoms with van der Waals surface area (Å²) in [6, 6.07) is 25.0. The lowest BCUT2D eigenvalue weighted by Crippen LogP contribution is -2.31. The van der Waals surface area contributed by atoms with Gasteiger partial charge in [0.15, 0.2) is 11.3 Å². The molecule has 8 N–H and O–H groups in total. The largest absolute Gasteiger partial charge is 0.481 e. The van der Waals surface area contributed by atoms with Gasteiger partial charge in [0, 0.05) is 44.7 Å². The summed E-state index contributed by atoms with van der Waals surface area (Å²) in [6.07, 6.45) is 12.9. The van der Waals surface area contributed by atoms with E-state index in [0.29, 0.717) is 17.3 Å². The molecular weight excluding hydrogens is 1240 g/mol. The molecule has 4 heterocycles. The number of hydrogen-bond acceptors (Lipinski definition) is 12. The van der Waals surface area contributed by atoms with Crippen LogP contribution >= 0.6 is 63.7 Å². The number of fused-ring (bicyclic) bond motifs is 4. The van der Waals surface area contributed by atoms with Crippen molar-refractivity contribution in [3.8, 4) is 22.3 Å². The van der Waals surface area contributed by atoms with Gasteiger partial charge < -0.3 is 16.6 Å². The first-order chi connectivity index (χ1) is 34.5. The van der Waals surface area contributed by atoms with E-state index in [1.54, 1.807) is 15.2 Å². The van der Waals surface area contributed by atoms with Crippen LogP contribution in [0.4, 0.5) is 11.6 Å². The monoisotopic (exact) mass is 1280 g/mol. The van der Waals surface area contributed by atoms with Crippen LogP contribution in [0.1, 0.15) is 87.4 Å². The number of carbonyl (C=O) groups excluding carboxylic acids is 1. The number of rotatable bonds is 9. The van der Waals surface area contributed by atoms with E-state index in [0.717, 1.165) is 143 Å². The van der Waals surface area contributed by atoms with Gasteiger partial charge in [-0.15, -0.1) is 0 Å². The van der Waals surface area contributed by atoms with Crippen molar-refractivity contribution in [3.05, 3.63) is 114 Å². The second-order valence-corrected chi connectivity index (χ2v) is 25.6. The first-order valence-corrected chi connectivity index (χ1v) is 30.3. The van der Waals surface area contributed by atoms with E-state index in [1.165, 1.54) is 0 Å². The molecule has 73 heavy (non-hydrogen) atoms. The lowest BCUT2D eigenvalue weighted by Gasteiger charge is -2.28. The minimum atomic E-state index is -3.53. The maximum atomic E-state index is 12.0. The minimum Gasteiger partial charge on any atom is -0.481 e. The topological polar surface area (TPSA) is 273 Å². The highest BCUT2D eigenvalue weighted by Gasteiger charge is 2.30. The Morgan fingerprint density at radius 2 is 0.986 bits per heavy atom. The van der Waals surface area contributed by atoms with Gasteiger partial charge in [-0.3, -0.25) is 14.3 Å². The Kier molecular flexibility index (Phi) is 16.7. The van der Waals surface area contributed by atoms with Gasteiger partial charge in [0.05, 0.1) is 45.2 Å². The second kappa shape index (κ2) is 22.4. The lowest BCUT2D eigenvalue weighted by molar-refractivity contribution is -0.138. The third kappa shape index (κ3) is 13.3. The number of carboxylic acids is 1. The molecule has 0 spiro atoms. The van der Waals surface area contributed by atoms with Crippen molar-refractivity contribution in [2.24, 2.45) is 17.0 Å². The number of nitrogen functional groups attached to an aromatic ring is 2. The van der Waals surface area contributed by atoms with Crippen LogP contribution in [0.2, 0.25) is 0 Å². The van der Waals surface area contributed by atoms with Crippen LogP contribution < -0.4 is 21.3 Å². The van der Waals surface area contributed by atoms with Crippen LogP contribution in [0.3, 0.4) is 0 Å². The Labute approximate surface area is 455 Å². The van der Waals surface area contributed by atoms with Gasteiger partial charge in [-0.2, -0.15) is 19.2 Å². The van der Waals surface area contributed by atoms with Crippen molar-refractivity contribution in [3.63, 3.8) is 0 Å². The number of primary sulfonamides is 1. The van der Waals surface area contributed by atoms with Crippen LogP contribution in [0.5, 0.6) is 0 Å². The van der Waals surface area contributed by atoms with Gasteiger partial charge in [-0.1, -0.05) is 68.3 Å². The molecule has 8 aromatic rings. The summed E-state index contributed by atoms with van der Waals surface area (Å²) in [5.74, 6) is 0.686. The molecule has 10 rings (SSSR count). The van der Waals surface area contributed by atoms with E-state index in [-0.39, 0.29) is 36.5 Å². The van der Waals surface area contributed by atoms with E-state index >= 15 is 0 Å². The summed E-state index contributed by atoms with van der Waals surface area (Å²) in [5.41, 5.74) is 20.1. The molecule has 2 aliphatic carbocycles. The van der Waals surface area contributed by atoms with Crippen LogP contribution in [0, 0.1) is 11.8 Å². The van der Waals surface area contributed by atoms with Gasteiger partial charge in [0.2, 0.25) is 26.0 Å². The van der Waals surface area contributed by atoms with Crippen LogP contribution in [0.15, 0.2) is 103 Å². The predicted molar refractivity (Wildman–Crippen MR) is 300 cm³/mol. The van der Waals surface area contributed by atoms with Crippen molar-refractivity contribution < 1.29 is 31.5 Å². The number of benzene rings is 4. The molecule has 2 saturated carbocycles. The van der Waals surface area contributed by atoms with Crippen LogP contribution in [0.25, 0.3) is 55.1 Å². The molecular formula is C50H52Br4N10O7S2. The van der Waals surface area contributed by atoms with Crippen molar-refractivity contribution in [1.29, 1.82) is 0 Å². The molecule has 2 aliphatic rings. The van der Waals surface area contributed by atoms with Gasteiger partial charge in [0.1, 0.15) is 11.6 Å². The van der Waals surface area contributed by atoms with Crippen LogP contribution in [-0.2, 0) is 29.6 Å². The first kappa shape index (κ1) is 54.2. The number of carbonyl (C=O) groups is 2. The maximum Gasteiger partial charge on any atom is 0.303 e. The standard InChI is InChI=1S/C25H25Br2N5O3S.C24H22Br2N4O2.CH5NO2S/c1-36(34,35)31-21(33)10-14-2-4-15(5-3-14)23-22(27)24(28)32-25(30-23)20(13-29-32)18-7-6-17-12-19(26)9-8-16(17)11-18;25-18-8-7-15-10-17(6-5-16(15)11-18)19-12-28-30-23(27)21(26)22(29-24(19)30)14-3-1-13(2-4-14)9-20(31)32;1-5(2,3)4/h6-9,11-15H,2-5,10,28H2,1H3,(H,31,33);5-8,10-14H,1-4,9,27H2,(H,31,32);1H3,(H2,2,3,4). The van der Waals surface area contributed by atoms with Gasteiger partial charge in [0.25, 0.3) is 0 Å². The molecule has 23 heteroatoms. The number of aliphatic carboxylic acids is 1.